The number of hydrogen-bond donors (Lipinski definition) is 0. The minimum absolute atomic E-state index is 0.0506. The third-order valence-electron chi connectivity index (χ3n) is 7.51. The van der Waals surface area contributed by atoms with Gasteiger partial charge in [0.1, 0.15) is 23.2 Å². The summed E-state index contributed by atoms with van der Waals surface area (Å²) in [6.07, 6.45) is 1.95. The average molecular weight is 500 g/mol. The number of carbonyl (C=O) groups excluding carboxylic acids is 1. The van der Waals surface area contributed by atoms with Gasteiger partial charge in [-0.25, -0.2) is 9.37 Å². The van der Waals surface area contributed by atoms with Gasteiger partial charge in [0.15, 0.2) is 5.58 Å². The first-order valence-corrected chi connectivity index (χ1v) is 13.3. The van der Waals surface area contributed by atoms with Crippen LogP contribution in [0, 0.1) is 11.7 Å². The molecule has 1 unspecified atom stereocenters. The molecule has 2 heterocycles. The van der Waals surface area contributed by atoms with Crippen LogP contribution in [0.1, 0.15) is 49.7 Å². The van der Waals surface area contributed by atoms with Crippen molar-refractivity contribution < 1.29 is 13.6 Å². The van der Waals surface area contributed by atoms with Gasteiger partial charge in [-0.3, -0.25) is 9.69 Å². The molecule has 3 aromatic carbocycles. The van der Waals surface area contributed by atoms with Gasteiger partial charge in [-0.15, -0.1) is 0 Å². The monoisotopic (exact) mass is 499 g/mol. The van der Waals surface area contributed by atoms with E-state index in [1.165, 1.54) is 6.07 Å². The number of piperazine rings is 1. The van der Waals surface area contributed by atoms with Gasteiger partial charge < -0.3 is 9.32 Å². The molecule has 0 saturated carbocycles. The van der Waals surface area contributed by atoms with Crippen molar-refractivity contribution in [1.82, 2.24) is 9.88 Å². The van der Waals surface area contributed by atoms with Gasteiger partial charge in [-0.1, -0.05) is 62.4 Å². The lowest BCUT2D eigenvalue weighted by Gasteiger charge is -2.39. The largest absolute Gasteiger partial charge is 0.439 e. The predicted octanol–water partition coefficient (Wildman–Crippen LogP) is 6.43. The van der Waals surface area contributed by atoms with Crippen molar-refractivity contribution in [3.8, 4) is 0 Å². The fourth-order valence-corrected chi connectivity index (χ4v) is 5.38. The minimum Gasteiger partial charge on any atom is -0.439 e. The van der Waals surface area contributed by atoms with Crippen LogP contribution in [0.25, 0.3) is 11.1 Å². The highest BCUT2D eigenvalue weighted by Crippen LogP contribution is 2.32. The molecule has 0 radical (unpaired) electrons. The summed E-state index contributed by atoms with van der Waals surface area (Å²) in [6.45, 7) is 6.92. The van der Waals surface area contributed by atoms with Crippen molar-refractivity contribution in [3.63, 3.8) is 0 Å². The van der Waals surface area contributed by atoms with Crippen molar-refractivity contribution in [3.05, 3.63) is 95.6 Å². The highest BCUT2D eigenvalue weighted by molar-refractivity contribution is 5.83. The van der Waals surface area contributed by atoms with E-state index < -0.39 is 0 Å². The van der Waals surface area contributed by atoms with Crippen molar-refractivity contribution >= 4 is 22.6 Å². The first-order valence-electron chi connectivity index (χ1n) is 13.3. The molecule has 6 heteroatoms. The maximum atomic E-state index is 15.2. The number of carbonyl (C=O) groups is 1. The zero-order valence-corrected chi connectivity index (χ0v) is 21.6. The van der Waals surface area contributed by atoms with Gasteiger partial charge in [-0.2, -0.15) is 0 Å². The van der Waals surface area contributed by atoms with E-state index in [-0.39, 0.29) is 23.6 Å². The summed E-state index contributed by atoms with van der Waals surface area (Å²) in [4.78, 5) is 21.8. The van der Waals surface area contributed by atoms with Crippen LogP contribution in [0.15, 0.2) is 77.2 Å². The van der Waals surface area contributed by atoms with E-state index in [9.17, 15) is 4.79 Å². The van der Waals surface area contributed by atoms with Crippen molar-refractivity contribution in [2.75, 3.05) is 31.1 Å². The highest BCUT2D eigenvalue weighted by atomic mass is 19.1. The Morgan fingerprint density at radius 2 is 1.65 bits per heavy atom. The zero-order valence-electron chi connectivity index (χ0n) is 21.6. The molecule has 0 N–H and O–H groups in total. The fraction of sp³-hybridized carbons (Fsp3) is 0.355. The van der Waals surface area contributed by atoms with E-state index in [0.29, 0.717) is 31.1 Å². The van der Waals surface area contributed by atoms with Crippen LogP contribution in [0.2, 0.25) is 0 Å². The summed E-state index contributed by atoms with van der Waals surface area (Å²) in [5.41, 5.74) is 4.09. The minimum atomic E-state index is -0.262. The molecule has 0 spiro atoms. The third kappa shape index (κ3) is 5.44. The molecule has 0 amide bonds. The van der Waals surface area contributed by atoms with Crippen LogP contribution in [0.4, 0.5) is 10.1 Å². The lowest BCUT2D eigenvalue weighted by molar-refractivity contribution is -0.122. The second kappa shape index (κ2) is 11.3. The first kappa shape index (κ1) is 25.2. The molecule has 1 atom stereocenters. The Kier molecular flexibility index (Phi) is 7.65. The van der Waals surface area contributed by atoms with Gasteiger partial charge >= 0.3 is 0 Å². The van der Waals surface area contributed by atoms with E-state index in [1.54, 1.807) is 0 Å². The number of fused-ring (bicyclic) bond motifs is 1. The summed E-state index contributed by atoms with van der Waals surface area (Å²) in [5, 5.41) is 0. The number of anilines is 1. The van der Waals surface area contributed by atoms with Crippen LogP contribution in [-0.4, -0.2) is 41.8 Å². The van der Waals surface area contributed by atoms with Gasteiger partial charge in [0.25, 0.3) is 0 Å². The van der Waals surface area contributed by atoms with Gasteiger partial charge in [0.2, 0.25) is 5.89 Å². The molecular formula is C31H34FN3O2. The number of oxazole rings is 1. The number of para-hydroxylation sites is 2. The number of Topliss-reactive ketones (excluding diaryl/α,β-unsaturated/α-hetero) is 1. The van der Waals surface area contributed by atoms with Gasteiger partial charge in [0.05, 0.1) is 5.69 Å². The maximum Gasteiger partial charge on any atom is 0.217 e. The molecule has 0 aliphatic carbocycles. The number of rotatable bonds is 9. The highest BCUT2D eigenvalue weighted by Gasteiger charge is 2.31. The number of halogens is 1. The van der Waals surface area contributed by atoms with E-state index >= 15 is 4.39 Å². The summed E-state index contributed by atoms with van der Waals surface area (Å²) in [6, 6.07) is 23.3. The first-order chi connectivity index (χ1) is 18.1. The van der Waals surface area contributed by atoms with Crippen molar-refractivity contribution in [2.24, 2.45) is 5.92 Å². The van der Waals surface area contributed by atoms with Crippen LogP contribution in [0.3, 0.4) is 0 Å². The molecule has 1 aromatic heterocycles. The van der Waals surface area contributed by atoms with Gasteiger partial charge in [0, 0.05) is 38.5 Å². The summed E-state index contributed by atoms with van der Waals surface area (Å²) >= 11 is 0. The molecule has 0 bridgehead atoms. The number of nitrogens with zero attached hydrogens (tertiary/aromatic N) is 3. The maximum absolute atomic E-state index is 15.2. The van der Waals surface area contributed by atoms with Crippen molar-refractivity contribution in [1.29, 1.82) is 0 Å². The number of benzene rings is 3. The summed E-state index contributed by atoms with van der Waals surface area (Å²) in [7, 11) is 0. The van der Waals surface area contributed by atoms with Crippen LogP contribution >= 0.6 is 0 Å². The molecule has 37 heavy (non-hydrogen) atoms. The molecule has 1 aliphatic heterocycles. The Hall–Kier alpha value is -3.51. The molecule has 1 fully saturated rings. The zero-order chi connectivity index (χ0) is 25.8. The van der Waals surface area contributed by atoms with E-state index in [4.69, 9.17) is 9.40 Å². The molecule has 1 saturated heterocycles. The second-order valence-corrected chi connectivity index (χ2v) is 9.80. The lowest BCUT2D eigenvalue weighted by atomic mass is 9.93. The summed E-state index contributed by atoms with van der Waals surface area (Å²) < 4.78 is 21.4. The van der Waals surface area contributed by atoms with Gasteiger partial charge in [-0.05, 0) is 48.2 Å². The number of hydrogen-bond acceptors (Lipinski definition) is 5. The molecule has 5 rings (SSSR count). The Labute approximate surface area is 217 Å². The third-order valence-corrected chi connectivity index (χ3v) is 7.51. The number of aromatic nitrogens is 1. The van der Waals surface area contributed by atoms with E-state index in [2.05, 4.69) is 21.9 Å². The normalized spacial score (nSPS) is 15.4. The topological polar surface area (TPSA) is 49.6 Å². The SMILES string of the molecule is CCC(CC)C(=O)Cc1ccc(N2CCN(C(c3ccccc3)c3nc4ccccc4o3)CC2)c(F)c1. The van der Waals surface area contributed by atoms with E-state index in [1.807, 2.05) is 68.4 Å². The van der Waals surface area contributed by atoms with Crippen LogP contribution < -0.4 is 4.90 Å². The van der Waals surface area contributed by atoms with Crippen LogP contribution in [0.5, 0.6) is 0 Å². The van der Waals surface area contributed by atoms with E-state index in [0.717, 1.165) is 48.2 Å². The Morgan fingerprint density at radius 3 is 2.32 bits per heavy atom. The smallest absolute Gasteiger partial charge is 0.217 e. The summed E-state index contributed by atoms with van der Waals surface area (Å²) in [5.74, 6) is 0.659. The Morgan fingerprint density at radius 1 is 0.946 bits per heavy atom. The lowest BCUT2D eigenvalue weighted by Crippen LogP contribution is -2.48. The quantitative estimate of drug-likeness (QED) is 0.266. The average Bonchev–Trinajstić information content (AvgIpc) is 3.34. The molecule has 1 aliphatic rings. The second-order valence-electron chi connectivity index (χ2n) is 9.80. The Balaban J connectivity index is 1.31. The van der Waals surface area contributed by atoms with Crippen molar-refractivity contribution in [2.45, 2.75) is 39.2 Å². The van der Waals surface area contributed by atoms with Crippen LogP contribution in [-0.2, 0) is 11.2 Å². The molecule has 4 aromatic rings. The fourth-order valence-electron chi connectivity index (χ4n) is 5.38. The molecule has 5 nitrogen and oxygen atoms in total. The molecule has 192 valence electrons. The predicted molar refractivity (Wildman–Crippen MR) is 145 cm³/mol. The molecular weight excluding hydrogens is 465 g/mol. The number of ketones is 1. The standard InChI is InChI=1S/C31H34FN3O2/c1-3-23(4-2)28(36)21-22-14-15-27(25(32)20-22)34-16-18-35(19-17-34)30(24-10-6-5-7-11-24)31-33-26-12-8-9-13-29(26)37-31/h5-15,20,23,30H,3-4,16-19,21H2,1-2H3. The Bertz CT molecular complexity index is 1310.